The molecule has 2 aromatic carbocycles. The van der Waals surface area contributed by atoms with Gasteiger partial charge in [0.25, 0.3) is 0 Å². The molecule has 0 bridgehead atoms. The SMILES string of the molecule is COc1ccc(CCCCO/C(=C/c2cccc(CSc3ccc(F)cc3)n2)C(=O)O)cc1. The number of carboxylic acids is 1. The van der Waals surface area contributed by atoms with Crippen LogP contribution in [0.3, 0.4) is 0 Å². The monoisotopic (exact) mass is 467 g/mol. The standard InChI is InChI=1S/C26H26FNO4S/c1-31-23-12-8-19(9-13-23)5-2-3-16-32-25(26(29)30)17-21-6-4-7-22(28-21)18-33-24-14-10-20(27)11-15-24/h4,6-15,17H,2-3,5,16,18H2,1H3,(H,29,30)/b25-17+. The van der Waals surface area contributed by atoms with E-state index < -0.39 is 5.97 Å². The van der Waals surface area contributed by atoms with Crippen molar-refractivity contribution in [2.24, 2.45) is 0 Å². The lowest BCUT2D eigenvalue weighted by atomic mass is 10.1. The number of halogens is 1. The molecule has 0 fully saturated rings. The van der Waals surface area contributed by atoms with Crippen LogP contribution >= 0.6 is 11.8 Å². The van der Waals surface area contributed by atoms with E-state index in [-0.39, 0.29) is 11.6 Å². The molecule has 3 aromatic rings. The van der Waals surface area contributed by atoms with Crippen molar-refractivity contribution >= 4 is 23.8 Å². The molecule has 0 aliphatic rings. The Hall–Kier alpha value is -3.32. The van der Waals surface area contributed by atoms with Gasteiger partial charge in [-0.05, 0) is 73.4 Å². The summed E-state index contributed by atoms with van der Waals surface area (Å²) >= 11 is 1.53. The molecule has 0 radical (unpaired) electrons. The summed E-state index contributed by atoms with van der Waals surface area (Å²) in [6, 6.07) is 19.6. The highest BCUT2D eigenvalue weighted by Crippen LogP contribution is 2.22. The van der Waals surface area contributed by atoms with Gasteiger partial charge in [-0.3, -0.25) is 4.98 Å². The van der Waals surface area contributed by atoms with Gasteiger partial charge in [0.05, 0.1) is 25.1 Å². The minimum Gasteiger partial charge on any atom is -0.497 e. The van der Waals surface area contributed by atoms with Gasteiger partial charge in [-0.25, -0.2) is 9.18 Å². The van der Waals surface area contributed by atoms with Gasteiger partial charge in [0.2, 0.25) is 5.76 Å². The van der Waals surface area contributed by atoms with Gasteiger partial charge >= 0.3 is 5.97 Å². The number of carboxylic acid groups (broad SMARTS) is 1. The fourth-order valence-electron chi connectivity index (χ4n) is 3.05. The number of hydrogen-bond acceptors (Lipinski definition) is 5. The predicted octanol–water partition coefficient (Wildman–Crippen LogP) is 5.99. The number of pyridine rings is 1. The molecule has 1 N–H and O–H groups in total. The Kier molecular flexibility index (Phi) is 9.32. The third-order valence-electron chi connectivity index (χ3n) is 4.79. The van der Waals surface area contributed by atoms with Gasteiger partial charge in [0.15, 0.2) is 0 Å². The van der Waals surface area contributed by atoms with Crippen LogP contribution in [0.2, 0.25) is 0 Å². The van der Waals surface area contributed by atoms with Crippen LogP contribution < -0.4 is 4.74 Å². The molecule has 7 heteroatoms. The Balaban J connectivity index is 1.50. The van der Waals surface area contributed by atoms with Crippen LogP contribution in [0.5, 0.6) is 5.75 Å². The molecule has 1 aromatic heterocycles. The Morgan fingerprint density at radius 1 is 1.06 bits per heavy atom. The summed E-state index contributed by atoms with van der Waals surface area (Å²) in [5, 5.41) is 9.49. The number of aliphatic carboxylic acids is 1. The minimum absolute atomic E-state index is 0.129. The maximum Gasteiger partial charge on any atom is 0.371 e. The molecule has 1 heterocycles. The molecule has 0 aliphatic carbocycles. The Morgan fingerprint density at radius 2 is 1.82 bits per heavy atom. The molecule has 0 unspecified atom stereocenters. The van der Waals surface area contributed by atoms with Crippen LogP contribution in [0.25, 0.3) is 6.08 Å². The van der Waals surface area contributed by atoms with Crippen molar-refractivity contribution in [3.63, 3.8) is 0 Å². The number of thioether (sulfide) groups is 1. The number of carbonyl (C=O) groups is 1. The fourth-order valence-corrected chi connectivity index (χ4v) is 3.86. The lowest BCUT2D eigenvalue weighted by molar-refractivity contribution is -0.136. The largest absolute Gasteiger partial charge is 0.497 e. The van der Waals surface area contributed by atoms with Crippen molar-refractivity contribution in [3.8, 4) is 5.75 Å². The predicted molar refractivity (Wildman–Crippen MR) is 128 cm³/mol. The molecule has 0 aliphatic heterocycles. The Labute approximate surface area is 197 Å². The van der Waals surface area contributed by atoms with Crippen LogP contribution in [0.1, 0.15) is 29.8 Å². The van der Waals surface area contributed by atoms with Gasteiger partial charge in [0, 0.05) is 16.7 Å². The zero-order valence-corrected chi connectivity index (χ0v) is 19.2. The van der Waals surface area contributed by atoms with E-state index in [0.29, 0.717) is 18.1 Å². The van der Waals surface area contributed by atoms with Gasteiger partial charge in [-0.1, -0.05) is 18.2 Å². The molecule has 0 saturated carbocycles. The first-order chi connectivity index (χ1) is 16.0. The number of rotatable bonds is 12. The zero-order chi connectivity index (χ0) is 23.5. The molecule has 0 amide bonds. The normalized spacial score (nSPS) is 11.3. The summed E-state index contributed by atoms with van der Waals surface area (Å²) < 4.78 is 23.7. The van der Waals surface area contributed by atoms with E-state index in [0.717, 1.165) is 35.6 Å². The summed E-state index contributed by atoms with van der Waals surface area (Å²) in [6.07, 6.45) is 3.94. The van der Waals surface area contributed by atoms with Crippen molar-refractivity contribution in [2.75, 3.05) is 13.7 Å². The first kappa shape index (κ1) is 24.3. The van der Waals surface area contributed by atoms with E-state index in [1.807, 2.05) is 36.4 Å². The first-order valence-electron chi connectivity index (χ1n) is 10.6. The van der Waals surface area contributed by atoms with Crippen LogP contribution in [0, 0.1) is 5.82 Å². The summed E-state index contributed by atoms with van der Waals surface area (Å²) in [5.74, 6) is -0.119. The number of unbranched alkanes of at least 4 members (excludes halogenated alkanes) is 1. The third-order valence-corrected chi connectivity index (χ3v) is 5.84. The summed E-state index contributed by atoms with van der Waals surface area (Å²) in [7, 11) is 1.64. The summed E-state index contributed by atoms with van der Waals surface area (Å²) in [5.41, 5.74) is 2.51. The highest BCUT2D eigenvalue weighted by atomic mass is 32.2. The van der Waals surface area contributed by atoms with E-state index in [2.05, 4.69) is 4.98 Å². The van der Waals surface area contributed by atoms with Gasteiger partial charge in [-0.2, -0.15) is 0 Å². The summed E-state index contributed by atoms with van der Waals surface area (Å²) in [6.45, 7) is 0.314. The number of hydrogen-bond donors (Lipinski definition) is 1. The maximum absolute atomic E-state index is 13.0. The van der Waals surface area contributed by atoms with E-state index in [1.54, 1.807) is 25.3 Å². The number of aryl methyl sites for hydroxylation is 1. The van der Waals surface area contributed by atoms with Gasteiger partial charge in [0.1, 0.15) is 11.6 Å². The average Bonchev–Trinajstić information content (AvgIpc) is 2.83. The van der Waals surface area contributed by atoms with Crippen LogP contribution in [0.4, 0.5) is 4.39 Å². The number of nitrogens with zero attached hydrogens (tertiary/aromatic N) is 1. The number of methoxy groups -OCH3 is 1. The average molecular weight is 468 g/mol. The smallest absolute Gasteiger partial charge is 0.371 e. The third kappa shape index (κ3) is 8.27. The topological polar surface area (TPSA) is 68.7 Å². The van der Waals surface area contributed by atoms with Crippen LogP contribution in [0.15, 0.2) is 77.4 Å². The lowest BCUT2D eigenvalue weighted by Crippen LogP contribution is -2.07. The molecule has 0 atom stereocenters. The van der Waals surface area contributed by atoms with E-state index in [1.165, 1.54) is 35.5 Å². The van der Waals surface area contributed by atoms with Crippen molar-refractivity contribution in [1.82, 2.24) is 4.98 Å². The second-order valence-corrected chi connectivity index (χ2v) is 8.31. The first-order valence-corrected chi connectivity index (χ1v) is 11.6. The van der Waals surface area contributed by atoms with Crippen LogP contribution in [-0.4, -0.2) is 29.8 Å². The number of ether oxygens (including phenoxy) is 2. The zero-order valence-electron chi connectivity index (χ0n) is 18.4. The fraction of sp³-hybridized carbons (Fsp3) is 0.231. The molecular formula is C26H26FNO4S. The highest BCUT2D eigenvalue weighted by Gasteiger charge is 2.10. The minimum atomic E-state index is -1.13. The molecule has 0 spiro atoms. The molecule has 33 heavy (non-hydrogen) atoms. The lowest BCUT2D eigenvalue weighted by Gasteiger charge is -2.08. The van der Waals surface area contributed by atoms with E-state index in [4.69, 9.17) is 9.47 Å². The molecular weight excluding hydrogens is 441 g/mol. The van der Waals surface area contributed by atoms with Gasteiger partial charge in [-0.15, -0.1) is 11.8 Å². The summed E-state index contributed by atoms with van der Waals surface area (Å²) in [4.78, 5) is 17.0. The second kappa shape index (κ2) is 12.6. The Morgan fingerprint density at radius 3 is 2.52 bits per heavy atom. The van der Waals surface area contributed by atoms with Crippen molar-refractivity contribution in [2.45, 2.75) is 29.9 Å². The molecule has 5 nitrogen and oxygen atoms in total. The van der Waals surface area contributed by atoms with E-state index in [9.17, 15) is 14.3 Å². The van der Waals surface area contributed by atoms with E-state index >= 15 is 0 Å². The molecule has 0 saturated heterocycles. The highest BCUT2D eigenvalue weighted by molar-refractivity contribution is 7.98. The molecule has 3 rings (SSSR count). The van der Waals surface area contributed by atoms with Gasteiger partial charge < -0.3 is 14.6 Å². The van der Waals surface area contributed by atoms with Crippen molar-refractivity contribution in [1.29, 1.82) is 0 Å². The number of benzene rings is 2. The van der Waals surface area contributed by atoms with Crippen LogP contribution in [-0.2, 0) is 21.7 Å². The Bertz CT molecular complexity index is 1070. The quantitative estimate of drug-likeness (QED) is 0.153. The second-order valence-electron chi connectivity index (χ2n) is 7.26. The number of aromatic nitrogens is 1. The maximum atomic E-state index is 13.0. The van der Waals surface area contributed by atoms with Crippen molar-refractivity contribution in [3.05, 3.63) is 95.3 Å². The van der Waals surface area contributed by atoms with Crippen molar-refractivity contribution < 1.29 is 23.8 Å². The molecule has 172 valence electrons.